The number of nitrogens with one attached hydrogen (secondary N) is 1. The number of carbonyl (C=O) groups excluding carboxylic acids is 2. The summed E-state index contributed by atoms with van der Waals surface area (Å²) in [6, 6.07) is 3.71. The minimum atomic E-state index is -0.526. The van der Waals surface area contributed by atoms with E-state index in [9.17, 15) is 9.59 Å². The lowest BCUT2D eigenvalue weighted by Crippen LogP contribution is -2.63. The van der Waals surface area contributed by atoms with Gasteiger partial charge in [-0.1, -0.05) is 6.42 Å². The summed E-state index contributed by atoms with van der Waals surface area (Å²) in [5, 5.41) is 3.32. The number of nitrogens with zero attached hydrogens (tertiary/aromatic N) is 2. The Morgan fingerprint density at radius 3 is 2.92 bits per heavy atom. The molecule has 6 nitrogen and oxygen atoms in total. The molecule has 0 amide bonds. The maximum Gasteiger partial charge on any atom is 0.246 e. The highest BCUT2D eigenvalue weighted by Crippen LogP contribution is 2.30. The van der Waals surface area contributed by atoms with Crippen LogP contribution in [0.3, 0.4) is 0 Å². The van der Waals surface area contributed by atoms with E-state index in [1.165, 1.54) is 45.2 Å². The Morgan fingerprint density at radius 1 is 1.20 bits per heavy atom. The molecular weight excluding hydrogens is 318 g/mol. The van der Waals surface area contributed by atoms with Gasteiger partial charge >= 0.3 is 0 Å². The zero-order chi connectivity index (χ0) is 17.2. The van der Waals surface area contributed by atoms with Crippen molar-refractivity contribution < 1.29 is 14.0 Å². The molecule has 0 bridgehead atoms. The smallest absolute Gasteiger partial charge is 0.246 e. The summed E-state index contributed by atoms with van der Waals surface area (Å²) in [6.07, 6.45) is 7.85. The minimum Gasteiger partial charge on any atom is -0.467 e. The first kappa shape index (κ1) is 16.7. The fourth-order valence-corrected chi connectivity index (χ4v) is 4.44. The SMILES string of the molecule is O=C1C(=O)[C@@H](NC[C@H]2CCCN3CCCC[C@H]23)C1=NCc1ccco1. The summed E-state index contributed by atoms with van der Waals surface area (Å²) >= 11 is 0. The minimum absolute atomic E-state index is 0.305. The maximum absolute atomic E-state index is 12.0. The Morgan fingerprint density at radius 2 is 2.08 bits per heavy atom. The fourth-order valence-electron chi connectivity index (χ4n) is 4.44. The van der Waals surface area contributed by atoms with Gasteiger partial charge < -0.3 is 14.6 Å². The molecule has 2 saturated heterocycles. The van der Waals surface area contributed by atoms with E-state index in [0.717, 1.165) is 6.54 Å². The van der Waals surface area contributed by atoms with E-state index in [0.29, 0.717) is 30.0 Å². The molecule has 4 rings (SSSR count). The van der Waals surface area contributed by atoms with E-state index in [4.69, 9.17) is 4.42 Å². The van der Waals surface area contributed by atoms with Crippen LogP contribution in [0.15, 0.2) is 27.8 Å². The van der Waals surface area contributed by atoms with Crippen LogP contribution in [0.2, 0.25) is 0 Å². The molecule has 3 fully saturated rings. The lowest BCUT2D eigenvalue weighted by Gasteiger charge is -2.45. The molecule has 6 heteroatoms. The Kier molecular flexibility index (Phi) is 4.81. The van der Waals surface area contributed by atoms with Crippen LogP contribution >= 0.6 is 0 Å². The van der Waals surface area contributed by atoms with Crippen LogP contribution in [-0.2, 0) is 16.1 Å². The van der Waals surface area contributed by atoms with Crippen molar-refractivity contribution in [2.75, 3.05) is 19.6 Å². The standard InChI is InChI=1S/C19H25N3O3/c23-18-16(17(19(18)24)21-12-14-6-4-10-25-14)20-11-13-5-3-9-22-8-2-1-7-15(13)22/h4,6,10,13,15-16,20H,1-3,5,7-9,11-12H2/t13-,15-,16+/m1/s1. The number of piperidine rings is 2. The number of Topliss-reactive ketones (excluding diaryl/α,β-unsaturated/α-hetero) is 2. The van der Waals surface area contributed by atoms with Gasteiger partial charge in [-0.15, -0.1) is 0 Å². The van der Waals surface area contributed by atoms with E-state index in [1.807, 2.05) is 6.07 Å². The van der Waals surface area contributed by atoms with Crippen molar-refractivity contribution in [1.29, 1.82) is 0 Å². The van der Waals surface area contributed by atoms with Gasteiger partial charge in [0.1, 0.15) is 17.5 Å². The summed E-state index contributed by atoms with van der Waals surface area (Å²) in [5.74, 6) is 0.453. The van der Waals surface area contributed by atoms with Gasteiger partial charge in [0, 0.05) is 12.6 Å². The molecule has 0 aromatic carbocycles. The Bertz CT molecular complexity index is 665. The molecule has 1 aromatic heterocycles. The first-order valence-electron chi connectivity index (χ1n) is 9.37. The van der Waals surface area contributed by atoms with Crippen molar-refractivity contribution in [2.24, 2.45) is 10.9 Å². The molecule has 3 heterocycles. The maximum atomic E-state index is 12.0. The van der Waals surface area contributed by atoms with Crippen LogP contribution in [0.4, 0.5) is 0 Å². The van der Waals surface area contributed by atoms with E-state index in [1.54, 1.807) is 12.3 Å². The normalized spacial score (nSPS) is 31.8. The van der Waals surface area contributed by atoms with Gasteiger partial charge in [0.2, 0.25) is 11.6 Å². The zero-order valence-electron chi connectivity index (χ0n) is 14.4. The van der Waals surface area contributed by atoms with Gasteiger partial charge in [-0.05, 0) is 56.8 Å². The highest BCUT2D eigenvalue weighted by atomic mass is 16.3. The van der Waals surface area contributed by atoms with Crippen LogP contribution in [0, 0.1) is 5.92 Å². The monoisotopic (exact) mass is 343 g/mol. The number of rotatable bonds is 5. The number of furan rings is 1. The third-order valence-corrected chi connectivity index (χ3v) is 5.79. The second-order valence-corrected chi connectivity index (χ2v) is 7.32. The van der Waals surface area contributed by atoms with E-state index < -0.39 is 11.8 Å². The number of fused-ring (bicyclic) bond motifs is 1. The van der Waals surface area contributed by atoms with Gasteiger partial charge in [0.05, 0.1) is 12.8 Å². The second kappa shape index (κ2) is 7.22. The van der Waals surface area contributed by atoms with Crippen LogP contribution in [-0.4, -0.2) is 53.9 Å². The molecule has 0 spiro atoms. The molecule has 0 unspecified atom stereocenters. The van der Waals surface area contributed by atoms with Crippen molar-refractivity contribution in [3.63, 3.8) is 0 Å². The van der Waals surface area contributed by atoms with Gasteiger partial charge in [-0.3, -0.25) is 14.6 Å². The highest BCUT2D eigenvalue weighted by Gasteiger charge is 2.46. The topological polar surface area (TPSA) is 74.9 Å². The molecule has 134 valence electrons. The fraction of sp³-hybridized carbons (Fsp3) is 0.632. The summed E-state index contributed by atoms with van der Waals surface area (Å²) < 4.78 is 5.23. The Labute approximate surface area is 147 Å². The lowest BCUT2D eigenvalue weighted by atomic mass is 9.82. The van der Waals surface area contributed by atoms with Crippen molar-refractivity contribution >= 4 is 17.3 Å². The molecule has 3 atom stereocenters. The van der Waals surface area contributed by atoms with E-state index in [-0.39, 0.29) is 5.78 Å². The number of aliphatic imine (C=N–C) groups is 1. The molecule has 1 saturated carbocycles. The Hall–Kier alpha value is -1.79. The number of carbonyl (C=O) groups is 2. The second-order valence-electron chi connectivity index (χ2n) is 7.32. The molecule has 1 aliphatic carbocycles. The van der Waals surface area contributed by atoms with Crippen LogP contribution in [0.5, 0.6) is 0 Å². The third-order valence-electron chi connectivity index (χ3n) is 5.79. The molecule has 1 N–H and O–H groups in total. The quantitative estimate of drug-likeness (QED) is 0.822. The summed E-state index contributed by atoms with van der Waals surface area (Å²) in [4.78, 5) is 30.7. The number of hydrogen-bond acceptors (Lipinski definition) is 6. The van der Waals surface area contributed by atoms with E-state index in [2.05, 4.69) is 15.2 Å². The largest absolute Gasteiger partial charge is 0.467 e. The number of hydrogen-bond donors (Lipinski definition) is 1. The highest BCUT2D eigenvalue weighted by molar-refractivity contribution is 6.80. The predicted molar refractivity (Wildman–Crippen MR) is 93.6 cm³/mol. The summed E-state index contributed by atoms with van der Waals surface area (Å²) in [7, 11) is 0. The van der Waals surface area contributed by atoms with Gasteiger partial charge in [-0.25, -0.2) is 0 Å². The van der Waals surface area contributed by atoms with Gasteiger partial charge in [-0.2, -0.15) is 0 Å². The lowest BCUT2D eigenvalue weighted by molar-refractivity contribution is -0.136. The van der Waals surface area contributed by atoms with Crippen molar-refractivity contribution in [3.8, 4) is 0 Å². The van der Waals surface area contributed by atoms with Crippen molar-refractivity contribution in [3.05, 3.63) is 24.2 Å². The first-order chi connectivity index (χ1) is 12.2. The van der Waals surface area contributed by atoms with Crippen LogP contribution < -0.4 is 5.32 Å². The molecule has 3 aliphatic rings. The zero-order valence-corrected chi connectivity index (χ0v) is 14.4. The molecular formula is C19H25N3O3. The number of ketones is 2. The first-order valence-corrected chi connectivity index (χ1v) is 9.37. The molecule has 2 aliphatic heterocycles. The average Bonchev–Trinajstić information content (AvgIpc) is 3.17. The van der Waals surface area contributed by atoms with E-state index >= 15 is 0 Å². The van der Waals surface area contributed by atoms with Crippen molar-refractivity contribution in [2.45, 2.75) is 50.7 Å². The molecule has 1 aromatic rings. The van der Waals surface area contributed by atoms with Crippen molar-refractivity contribution in [1.82, 2.24) is 10.2 Å². The van der Waals surface area contributed by atoms with Crippen LogP contribution in [0.1, 0.15) is 37.9 Å². The average molecular weight is 343 g/mol. The predicted octanol–water partition coefficient (Wildman–Crippen LogP) is 1.60. The van der Waals surface area contributed by atoms with Gasteiger partial charge in [0.15, 0.2) is 0 Å². The Balaban J connectivity index is 1.36. The van der Waals surface area contributed by atoms with Gasteiger partial charge in [0.25, 0.3) is 0 Å². The summed E-state index contributed by atoms with van der Waals surface area (Å²) in [5.41, 5.74) is 0.359. The molecule has 0 radical (unpaired) electrons. The summed E-state index contributed by atoms with van der Waals surface area (Å²) in [6.45, 7) is 3.50. The third kappa shape index (κ3) is 3.33. The molecule has 25 heavy (non-hydrogen) atoms. The van der Waals surface area contributed by atoms with Crippen LogP contribution in [0.25, 0.3) is 0 Å².